The van der Waals surface area contributed by atoms with Crippen LogP contribution in [-0.2, 0) is 0 Å². The molecule has 0 fully saturated rings. The summed E-state index contributed by atoms with van der Waals surface area (Å²) in [5.74, 6) is 1.69. The molecule has 1 aliphatic carbocycles. The topological polar surface area (TPSA) is 15.6 Å². The largest absolute Gasteiger partial charge is 0.371 e. The number of rotatable bonds is 10. The summed E-state index contributed by atoms with van der Waals surface area (Å²) in [5.41, 5.74) is 16.2. The molecule has 0 heterocycles. The van der Waals surface area contributed by atoms with E-state index in [9.17, 15) is 0 Å². The maximum atomic E-state index is 5.33. The molecular weight excluding hydrogens is 525 g/mol. The Morgan fingerprint density at radius 2 is 1.07 bits per heavy atom. The fraction of sp³-hybridized carbons (Fsp3) is 0.513. The van der Waals surface area contributed by atoms with Gasteiger partial charge in [0.25, 0.3) is 0 Å². The van der Waals surface area contributed by atoms with E-state index < -0.39 is 0 Å². The van der Waals surface area contributed by atoms with Crippen LogP contribution in [0.25, 0.3) is 0 Å². The second-order valence-corrected chi connectivity index (χ2v) is 15.5. The zero-order valence-corrected chi connectivity index (χ0v) is 30.2. The molecule has 1 aliphatic rings. The van der Waals surface area contributed by atoms with E-state index >= 15 is 0 Å². The lowest BCUT2D eigenvalue weighted by Gasteiger charge is -2.39. The molecule has 0 amide bonds. The van der Waals surface area contributed by atoms with Crippen LogP contribution < -0.4 is 4.57 Å². The minimum Gasteiger partial charge on any atom is -0.371 e. The van der Waals surface area contributed by atoms with Gasteiger partial charge in [0.1, 0.15) is 0 Å². The van der Waals surface area contributed by atoms with Crippen molar-refractivity contribution in [3.8, 4) is 0 Å². The van der Waals surface area contributed by atoms with Crippen LogP contribution in [0, 0.1) is 0 Å². The van der Waals surface area contributed by atoms with E-state index in [1.54, 1.807) is 0 Å². The second-order valence-electron chi connectivity index (χ2n) is 13.8. The van der Waals surface area contributed by atoms with Gasteiger partial charge >= 0.3 is 0 Å². The van der Waals surface area contributed by atoms with Crippen molar-refractivity contribution in [3.05, 3.63) is 92.7 Å². The van der Waals surface area contributed by atoms with Crippen LogP contribution in [0.15, 0.2) is 75.5 Å². The van der Waals surface area contributed by atoms with E-state index in [2.05, 4.69) is 151 Å². The van der Waals surface area contributed by atoms with Crippen LogP contribution in [-0.4, -0.2) is 15.4 Å². The summed E-state index contributed by atoms with van der Waals surface area (Å²) in [6, 6.07) is 13.6. The van der Waals surface area contributed by atoms with E-state index in [-0.39, 0.29) is 5.04 Å². The molecular formula is C39H56N2Si. The summed E-state index contributed by atoms with van der Waals surface area (Å²) in [6.07, 6.45) is 2.32. The van der Waals surface area contributed by atoms with Crippen LogP contribution in [0.4, 0.5) is 11.4 Å². The van der Waals surface area contributed by atoms with Gasteiger partial charge < -0.3 is 4.57 Å². The number of hydrogen-bond acceptors (Lipinski definition) is 2. The molecule has 3 heteroatoms. The van der Waals surface area contributed by atoms with Crippen molar-refractivity contribution < 1.29 is 0 Å². The Morgan fingerprint density at radius 1 is 0.690 bits per heavy atom. The van der Waals surface area contributed by atoms with Crippen molar-refractivity contribution in [2.75, 3.05) is 4.57 Å². The van der Waals surface area contributed by atoms with Gasteiger partial charge in [0.15, 0.2) is 0 Å². The van der Waals surface area contributed by atoms with E-state index in [0.29, 0.717) is 33.4 Å². The maximum absolute atomic E-state index is 5.33. The average molecular weight is 581 g/mol. The summed E-state index contributed by atoms with van der Waals surface area (Å²) in [5, 5.41) is -0.0122. The minimum absolute atomic E-state index is 0.0122. The molecule has 0 bridgehead atoms. The van der Waals surface area contributed by atoms with E-state index in [4.69, 9.17) is 4.99 Å². The highest BCUT2D eigenvalue weighted by Gasteiger charge is 2.40. The third-order valence-electron chi connectivity index (χ3n) is 9.49. The van der Waals surface area contributed by atoms with Gasteiger partial charge in [0.05, 0.1) is 5.69 Å². The quantitative estimate of drug-likeness (QED) is 0.201. The first kappa shape index (κ1) is 33.8. The highest BCUT2D eigenvalue weighted by molar-refractivity contribution is 6.49. The molecule has 0 N–H and O–H groups in total. The fourth-order valence-corrected chi connectivity index (χ4v) is 8.06. The van der Waals surface area contributed by atoms with Crippen LogP contribution in [0.3, 0.4) is 0 Å². The highest BCUT2D eigenvalue weighted by Crippen LogP contribution is 2.53. The second kappa shape index (κ2) is 13.3. The first-order valence-electron chi connectivity index (χ1n) is 16.0. The molecule has 0 atom stereocenters. The molecule has 226 valence electrons. The fourth-order valence-electron chi connectivity index (χ4n) is 6.29. The van der Waals surface area contributed by atoms with Crippen molar-refractivity contribution in [1.29, 1.82) is 0 Å². The maximum Gasteiger partial charge on any atom is 0.202 e. The summed E-state index contributed by atoms with van der Waals surface area (Å²) in [4.78, 5) is 5.33. The SMILES string of the molecule is CC(/C=C(\C)N([Si]C1(C)C(C)=C(C)C(C)=C1C)c1c(C(C)C)cccc1C(C)C)=Nc1c(C(C)C)cccc1C(C)C. The van der Waals surface area contributed by atoms with Gasteiger partial charge in [-0.15, -0.1) is 0 Å². The number of benzene rings is 2. The Hall–Kier alpha value is -2.65. The summed E-state index contributed by atoms with van der Waals surface area (Å²) < 4.78 is 2.65. The molecule has 0 saturated heterocycles. The van der Waals surface area contributed by atoms with E-state index in [1.165, 1.54) is 55.9 Å². The van der Waals surface area contributed by atoms with Crippen LogP contribution in [0.5, 0.6) is 0 Å². The van der Waals surface area contributed by atoms with Gasteiger partial charge in [-0.05, 0) is 105 Å². The molecule has 2 radical (unpaired) electrons. The number of para-hydroxylation sites is 2. The van der Waals surface area contributed by atoms with Crippen molar-refractivity contribution in [2.45, 2.75) is 133 Å². The van der Waals surface area contributed by atoms with Gasteiger partial charge in [-0.1, -0.05) is 110 Å². The van der Waals surface area contributed by atoms with Gasteiger partial charge in [-0.2, -0.15) is 0 Å². The van der Waals surface area contributed by atoms with Crippen LogP contribution >= 0.6 is 0 Å². The standard InChI is InChI=1S/C39H56N2Si/c1-23(2)33-18-16-19-34(24(3)4)37(33)40-27(9)22-28(10)41(42-39(15)31(13)29(11)30(12)32(39)14)38-35(25(5)6)20-17-21-36(38)26(7)8/h16-26H,1-15H3/b28-22+,40-27?. The number of nitrogens with zero attached hydrogens (tertiary/aromatic N) is 2. The third kappa shape index (κ3) is 6.62. The van der Waals surface area contributed by atoms with Crippen molar-refractivity contribution in [2.24, 2.45) is 4.99 Å². The average Bonchev–Trinajstić information content (AvgIpc) is 3.06. The lowest BCUT2D eigenvalue weighted by Crippen LogP contribution is -2.37. The molecule has 0 saturated carbocycles. The molecule has 2 aromatic rings. The first-order valence-corrected chi connectivity index (χ1v) is 16.9. The molecule has 0 unspecified atom stereocenters. The Bertz CT molecular complexity index is 1350. The summed E-state index contributed by atoms with van der Waals surface area (Å²) in [6.45, 7) is 34.6. The molecule has 0 spiro atoms. The van der Waals surface area contributed by atoms with Crippen molar-refractivity contribution in [1.82, 2.24) is 0 Å². The predicted molar refractivity (Wildman–Crippen MR) is 189 cm³/mol. The number of hydrogen-bond donors (Lipinski definition) is 0. The van der Waals surface area contributed by atoms with Crippen LogP contribution in [0.2, 0.25) is 5.04 Å². The van der Waals surface area contributed by atoms with Crippen molar-refractivity contribution >= 4 is 26.8 Å². The minimum atomic E-state index is -0.0122. The molecule has 2 nitrogen and oxygen atoms in total. The Morgan fingerprint density at radius 3 is 1.45 bits per heavy atom. The molecule has 42 heavy (non-hydrogen) atoms. The van der Waals surface area contributed by atoms with E-state index in [0.717, 1.165) is 11.4 Å². The summed E-state index contributed by atoms with van der Waals surface area (Å²) >= 11 is 0. The van der Waals surface area contributed by atoms with Gasteiger partial charge in [-0.25, -0.2) is 0 Å². The zero-order chi connectivity index (χ0) is 31.7. The number of allylic oxidation sites excluding steroid dienone is 6. The van der Waals surface area contributed by atoms with Crippen molar-refractivity contribution in [3.63, 3.8) is 0 Å². The zero-order valence-electron chi connectivity index (χ0n) is 29.2. The number of aliphatic imine (C=N–C) groups is 1. The summed E-state index contributed by atoms with van der Waals surface area (Å²) in [7, 11) is 0.548. The lowest BCUT2D eigenvalue weighted by atomic mass is 9.92. The van der Waals surface area contributed by atoms with Gasteiger partial charge in [0, 0.05) is 22.1 Å². The Balaban J connectivity index is 2.29. The lowest BCUT2D eigenvalue weighted by molar-refractivity contribution is 0.807. The third-order valence-corrected chi connectivity index (χ3v) is 11.5. The molecule has 0 aliphatic heterocycles. The number of anilines is 1. The van der Waals surface area contributed by atoms with Crippen LogP contribution in [0.1, 0.15) is 150 Å². The predicted octanol–water partition coefficient (Wildman–Crippen LogP) is 12.2. The Kier molecular flexibility index (Phi) is 10.7. The molecule has 2 aromatic carbocycles. The monoisotopic (exact) mass is 580 g/mol. The Labute approximate surface area is 261 Å². The van der Waals surface area contributed by atoms with E-state index in [1.807, 2.05) is 0 Å². The molecule has 0 aromatic heterocycles. The van der Waals surface area contributed by atoms with Gasteiger partial charge in [-0.3, -0.25) is 4.99 Å². The highest BCUT2D eigenvalue weighted by atomic mass is 28.2. The molecule has 3 rings (SSSR count). The smallest absolute Gasteiger partial charge is 0.202 e. The normalized spacial score (nSPS) is 16.3. The first-order chi connectivity index (χ1) is 19.5. The van der Waals surface area contributed by atoms with Gasteiger partial charge in [0.2, 0.25) is 9.68 Å².